The molecule has 0 amide bonds. The van der Waals surface area contributed by atoms with Crippen molar-refractivity contribution in [2.45, 2.75) is 20.1 Å². The number of para-hydroxylation sites is 1. The molecular formula is C20H21N3O4. The lowest BCUT2D eigenvalue weighted by atomic mass is 10.2. The largest absolute Gasteiger partial charge is 0.492 e. The van der Waals surface area contributed by atoms with Crippen molar-refractivity contribution in [3.8, 4) is 5.75 Å². The first-order chi connectivity index (χ1) is 13.1. The molecule has 0 aliphatic carbocycles. The van der Waals surface area contributed by atoms with Gasteiger partial charge in [0.2, 0.25) is 0 Å². The van der Waals surface area contributed by atoms with Crippen LogP contribution in [0.2, 0.25) is 0 Å². The maximum absolute atomic E-state index is 12.6. The monoisotopic (exact) mass is 367 g/mol. The first-order valence-corrected chi connectivity index (χ1v) is 8.62. The van der Waals surface area contributed by atoms with Gasteiger partial charge in [-0.15, -0.1) is 0 Å². The van der Waals surface area contributed by atoms with Gasteiger partial charge in [0, 0.05) is 0 Å². The summed E-state index contributed by atoms with van der Waals surface area (Å²) in [6.45, 7) is 2.59. The third-order valence-electron chi connectivity index (χ3n) is 4.13. The SMILES string of the molecule is Cc1nc2ccccc2c(=O)n1CCOc1ccc(COC(=O)CN)cc1. The predicted octanol–water partition coefficient (Wildman–Crippen LogP) is 1.79. The Morgan fingerprint density at radius 1 is 1.15 bits per heavy atom. The van der Waals surface area contributed by atoms with E-state index in [1.807, 2.05) is 37.3 Å². The fourth-order valence-corrected chi connectivity index (χ4v) is 2.70. The van der Waals surface area contributed by atoms with Crippen molar-refractivity contribution in [1.82, 2.24) is 9.55 Å². The third-order valence-corrected chi connectivity index (χ3v) is 4.13. The normalized spacial score (nSPS) is 10.7. The average Bonchev–Trinajstić information content (AvgIpc) is 2.69. The molecule has 3 aromatic rings. The van der Waals surface area contributed by atoms with E-state index in [4.69, 9.17) is 15.2 Å². The van der Waals surface area contributed by atoms with Gasteiger partial charge in [0.05, 0.1) is 24.0 Å². The molecule has 0 atom stereocenters. The number of nitrogens with zero attached hydrogens (tertiary/aromatic N) is 2. The van der Waals surface area contributed by atoms with Crippen molar-refractivity contribution in [3.63, 3.8) is 0 Å². The quantitative estimate of drug-likeness (QED) is 0.640. The van der Waals surface area contributed by atoms with Crippen LogP contribution in [0.5, 0.6) is 5.75 Å². The standard InChI is InChI=1S/C20H21N3O4/c1-14-22-18-5-3-2-4-17(18)20(25)23(14)10-11-26-16-8-6-15(7-9-16)13-27-19(24)12-21/h2-9H,10-13,21H2,1H3. The average molecular weight is 367 g/mol. The van der Waals surface area contributed by atoms with Crippen molar-refractivity contribution >= 4 is 16.9 Å². The van der Waals surface area contributed by atoms with E-state index in [-0.39, 0.29) is 18.7 Å². The fraction of sp³-hybridized carbons (Fsp3) is 0.250. The molecule has 0 saturated heterocycles. The van der Waals surface area contributed by atoms with Gasteiger partial charge in [0.15, 0.2) is 0 Å². The zero-order valence-corrected chi connectivity index (χ0v) is 15.1. The molecule has 0 bridgehead atoms. The molecule has 0 unspecified atom stereocenters. The summed E-state index contributed by atoms with van der Waals surface area (Å²) >= 11 is 0. The topological polar surface area (TPSA) is 96.4 Å². The molecule has 140 valence electrons. The van der Waals surface area contributed by atoms with Crippen molar-refractivity contribution in [1.29, 1.82) is 0 Å². The van der Waals surface area contributed by atoms with Crippen LogP contribution in [-0.2, 0) is 22.7 Å². The van der Waals surface area contributed by atoms with Crippen LogP contribution in [-0.4, -0.2) is 28.7 Å². The molecule has 0 fully saturated rings. The number of aryl methyl sites for hydroxylation is 1. The molecule has 2 N–H and O–H groups in total. The van der Waals surface area contributed by atoms with Crippen molar-refractivity contribution in [2.24, 2.45) is 5.73 Å². The van der Waals surface area contributed by atoms with E-state index in [1.165, 1.54) is 0 Å². The first-order valence-electron chi connectivity index (χ1n) is 8.62. The summed E-state index contributed by atoms with van der Waals surface area (Å²) in [6, 6.07) is 14.5. The molecule has 7 nitrogen and oxygen atoms in total. The molecule has 0 aliphatic heterocycles. The number of nitrogens with two attached hydrogens (primary N) is 1. The molecule has 27 heavy (non-hydrogen) atoms. The van der Waals surface area contributed by atoms with Crippen LogP contribution in [0.1, 0.15) is 11.4 Å². The van der Waals surface area contributed by atoms with Crippen LogP contribution in [0.4, 0.5) is 0 Å². The number of aromatic nitrogens is 2. The van der Waals surface area contributed by atoms with Crippen LogP contribution in [0.15, 0.2) is 53.3 Å². The molecule has 1 aromatic heterocycles. The van der Waals surface area contributed by atoms with Crippen molar-refractivity contribution in [2.75, 3.05) is 13.2 Å². The predicted molar refractivity (Wildman–Crippen MR) is 102 cm³/mol. The van der Waals surface area contributed by atoms with Crippen LogP contribution in [0.25, 0.3) is 10.9 Å². The maximum atomic E-state index is 12.6. The molecule has 0 radical (unpaired) electrons. The summed E-state index contributed by atoms with van der Waals surface area (Å²) in [5.74, 6) is 0.878. The minimum atomic E-state index is -0.444. The van der Waals surface area contributed by atoms with Gasteiger partial charge >= 0.3 is 5.97 Å². The van der Waals surface area contributed by atoms with Crippen LogP contribution in [0, 0.1) is 6.92 Å². The van der Waals surface area contributed by atoms with E-state index >= 15 is 0 Å². The molecule has 0 saturated carbocycles. The minimum absolute atomic E-state index is 0.0706. The van der Waals surface area contributed by atoms with Gasteiger partial charge in [-0.2, -0.15) is 0 Å². The Kier molecular flexibility index (Phi) is 5.83. The number of rotatable bonds is 7. The lowest BCUT2D eigenvalue weighted by Crippen LogP contribution is -2.26. The van der Waals surface area contributed by atoms with Gasteiger partial charge in [0.25, 0.3) is 5.56 Å². The molecular weight excluding hydrogens is 346 g/mol. The molecule has 0 aliphatic rings. The number of fused-ring (bicyclic) bond motifs is 1. The molecule has 3 rings (SSSR count). The number of hydrogen-bond acceptors (Lipinski definition) is 6. The van der Waals surface area contributed by atoms with Crippen LogP contribution >= 0.6 is 0 Å². The summed E-state index contributed by atoms with van der Waals surface area (Å²) in [4.78, 5) is 28.1. The maximum Gasteiger partial charge on any atom is 0.320 e. The second-order valence-corrected chi connectivity index (χ2v) is 5.99. The zero-order chi connectivity index (χ0) is 19.2. The number of carbonyl (C=O) groups excluding carboxylic acids is 1. The molecule has 7 heteroatoms. The lowest BCUT2D eigenvalue weighted by Gasteiger charge is -2.12. The van der Waals surface area contributed by atoms with Gasteiger partial charge in [-0.1, -0.05) is 24.3 Å². The molecule has 2 aromatic carbocycles. The third kappa shape index (κ3) is 4.51. The summed E-state index contributed by atoms with van der Waals surface area (Å²) in [5, 5.41) is 0.597. The number of carbonyl (C=O) groups is 1. The van der Waals surface area contributed by atoms with E-state index in [1.54, 1.807) is 22.8 Å². The van der Waals surface area contributed by atoms with E-state index in [0.717, 1.165) is 5.56 Å². The summed E-state index contributed by atoms with van der Waals surface area (Å²) in [7, 11) is 0. The first kappa shape index (κ1) is 18.6. The number of hydrogen-bond donors (Lipinski definition) is 1. The lowest BCUT2D eigenvalue weighted by molar-refractivity contribution is -0.143. The van der Waals surface area contributed by atoms with Gasteiger partial charge in [0.1, 0.15) is 24.8 Å². The Labute approximate surface area is 156 Å². The number of esters is 1. The second kappa shape index (κ2) is 8.46. The highest BCUT2D eigenvalue weighted by atomic mass is 16.5. The Hall–Kier alpha value is -3.19. The zero-order valence-electron chi connectivity index (χ0n) is 15.1. The van der Waals surface area contributed by atoms with Gasteiger partial charge in [-0.3, -0.25) is 14.2 Å². The van der Waals surface area contributed by atoms with E-state index in [9.17, 15) is 9.59 Å². The highest BCUT2D eigenvalue weighted by Crippen LogP contribution is 2.13. The van der Waals surface area contributed by atoms with Gasteiger partial charge in [-0.25, -0.2) is 4.98 Å². The highest BCUT2D eigenvalue weighted by Gasteiger charge is 2.07. The highest BCUT2D eigenvalue weighted by molar-refractivity contribution is 5.77. The Morgan fingerprint density at radius 2 is 1.89 bits per heavy atom. The summed E-state index contributed by atoms with van der Waals surface area (Å²) in [5.41, 5.74) is 6.66. The molecule has 0 spiro atoms. The summed E-state index contributed by atoms with van der Waals surface area (Å²) in [6.07, 6.45) is 0. The second-order valence-electron chi connectivity index (χ2n) is 5.99. The van der Waals surface area contributed by atoms with Crippen molar-refractivity contribution < 1.29 is 14.3 Å². The van der Waals surface area contributed by atoms with Crippen LogP contribution < -0.4 is 16.0 Å². The Balaban J connectivity index is 1.61. The van der Waals surface area contributed by atoms with E-state index in [0.29, 0.717) is 35.6 Å². The minimum Gasteiger partial charge on any atom is -0.492 e. The van der Waals surface area contributed by atoms with Gasteiger partial charge in [-0.05, 0) is 36.8 Å². The molecule has 1 heterocycles. The Morgan fingerprint density at radius 3 is 2.63 bits per heavy atom. The van der Waals surface area contributed by atoms with Crippen molar-refractivity contribution in [3.05, 3.63) is 70.3 Å². The van der Waals surface area contributed by atoms with E-state index < -0.39 is 5.97 Å². The van der Waals surface area contributed by atoms with E-state index in [2.05, 4.69) is 4.98 Å². The smallest absolute Gasteiger partial charge is 0.320 e. The van der Waals surface area contributed by atoms with Crippen LogP contribution in [0.3, 0.4) is 0 Å². The fourth-order valence-electron chi connectivity index (χ4n) is 2.70. The number of ether oxygens (including phenoxy) is 2. The Bertz CT molecular complexity index is 996. The summed E-state index contributed by atoms with van der Waals surface area (Å²) < 4.78 is 12.3. The van der Waals surface area contributed by atoms with Gasteiger partial charge < -0.3 is 15.2 Å². The number of benzene rings is 2.